The lowest BCUT2D eigenvalue weighted by Crippen LogP contribution is -1.69. The van der Waals surface area contributed by atoms with Crippen molar-refractivity contribution in [2.75, 3.05) is 0 Å². The fourth-order valence-corrected chi connectivity index (χ4v) is 0.822. The van der Waals surface area contributed by atoms with Crippen LogP contribution in [0.4, 0.5) is 0 Å². The van der Waals surface area contributed by atoms with Crippen LogP contribution in [0, 0.1) is 0 Å². The van der Waals surface area contributed by atoms with Gasteiger partial charge in [-0.25, -0.2) is 0 Å². The largest absolute Gasteiger partial charge is 0.0775 e. The summed E-state index contributed by atoms with van der Waals surface area (Å²) in [4.78, 5) is 0. The van der Waals surface area contributed by atoms with Crippen LogP contribution in [0.3, 0.4) is 0 Å². The minimum atomic E-state index is 1.11. The van der Waals surface area contributed by atoms with Crippen LogP contribution in [0.25, 0.3) is 0 Å². The molecule has 9 heavy (non-hydrogen) atoms. The molecule has 0 nitrogen and oxygen atoms in total. The Labute approximate surface area is 56.6 Å². The molecule has 1 rings (SSSR count). The predicted octanol–water partition coefficient (Wildman–Crippen LogP) is 2.84. The third-order valence-corrected chi connectivity index (χ3v) is 1.49. The van der Waals surface area contributed by atoms with Crippen molar-refractivity contribution in [1.82, 2.24) is 0 Å². The van der Waals surface area contributed by atoms with Crippen LogP contribution in [0.15, 0.2) is 35.5 Å². The maximum Gasteiger partial charge on any atom is -0.0133 e. The van der Waals surface area contributed by atoms with E-state index in [1.165, 1.54) is 11.1 Å². The average molecular weight is 120 g/mol. The summed E-state index contributed by atoms with van der Waals surface area (Å²) in [6, 6.07) is 0. The first-order valence-electron chi connectivity index (χ1n) is 3.29. The fraction of sp³-hybridized carbons (Fsp3) is 0.333. The first-order chi connectivity index (χ1) is 4.29. The second-order valence-electron chi connectivity index (χ2n) is 2.52. The Morgan fingerprint density at radius 3 is 2.89 bits per heavy atom. The first-order valence-corrected chi connectivity index (χ1v) is 3.29. The van der Waals surface area contributed by atoms with E-state index in [4.69, 9.17) is 0 Å². The zero-order valence-electron chi connectivity index (χ0n) is 6.02. The SMILES string of the molecule is CC1=CCC(C)=CC=C1. The lowest BCUT2D eigenvalue weighted by molar-refractivity contribution is 1.20. The molecule has 0 radical (unpaired) electrons. The Morgan fingerprint density at radius 2 is 2.11 bits per heavy atom. The Kier molecular flexibility index (Phi) is 1.88. The molecule has 48 valence electrons. The zero-order valence-corrected chi connectivity index (χ0v) is 6.02. The molecule has 0 bridgehead atoms. The van der Waals surface area contributed by atoms with Gasteiger partial charge in [0, 0.05) is 0 Å². The summed E-state index contributed by atoms with van der Waals surface area (Å²) in [5.74, 6) is 0. The van der Waals surface area contributed by atoms with Crippen molar-refractivity contribution in [1.29, 1.82) is 0 Å². The molecule has 0 spiro atoms. The van der Waals surface area contributed by atoms with Crippen molar-refractivity contribution in [3.63, 3.8) is 0 Å². The van der Waals surface area contributed by atoms with Crippen molar-refractivity contribution >= 4 is 0 Å². The molecule has 0 unspecified atom stereocenters. The Balaban J connectivity index is 2.75. The highest BCUT2D eigenvalue weighted by molar-refractivity contribution is 5.27. The molecular formula is C9H12. The molecule has 0 aromatic carbocycles. The third kappa shape index (κ3) is 1.88. The van der Waals surface area contributed by atoms with Gasteiger partial charge < -0.3 is 0 Å². The molecule has 1 aliphatic rings. The number of allylic oxidation sites excluding steroid dienone is 6. The summed E-state index contributed by atoms with van der Waals surface area (Å²) in [6.07, 6.45) is 9.76. The van der Waals surface area contributed by atoms with Gasteiger partial charge in [0.1, 0.15) is 0 Å². The summed E-state index contributed by atoms with van der Waals surface area (Å²) >= 11 is 0. The highest BCUT2D eigenvalue weighted by atomic mass is 13.9. The van der Waals surface area contributed by atoms with Crippen LogP contribution in [-0.2, 0) is 0 Å². The topological polar surface area (TPSA) is 0 Å². The van der Waals surface area contributed by atoms with Crippen LogP contribution >= 0.6 is 0 Å². The quantitative estimate of drug-likeness (QED) is 0.461. The van der Waals surface area contributed by atoms with Gasteiger partial charge in [0.2, 0.25) is 0 Å². The third-order valence-electron chi connectivity index (χ3n) is 1.49. The number of hydrogen-bond acceptors (Lipinski definition) is 0. The number of rotatable bonds is 0. The van der Waals surface area contributed by atoms with Gasteiger partial charge in [0.05, 0.1) is 0 Å². The minimum Gasteiger partial charge on any atom is -0.0775 e. The van der Waals surface area contributed by atoms with Crippen molar-refractivity contribution < 1.29 is 0 Å². The molecule has 0 N–H and O–H groups in total. The molecule has 0 atom stereocenters. The van der Waals surface area contributed by atoms with Crippen molar-refractivity contribution in [2.24, 2.45) is 0 Å². The van der Waals surface area contributed by atoms with Crippen molar-refractivity contribution in [3.05, 3.63) is 35.5 Å². The minimum absolute atomic E-state index is 1.11. The van der Waals surface area contributed by atoms with E-state index >= 15 is 0 Å². The molecule has 0 heterocycles. The molecule has 0 aromatic heterocycles. The van der Waals surface area contributed by atoms with Crippen LogP contribution in [-0.4, -0.2) is 0 Å². The van der Waals surface area contributed by atoms with Crippen molar-refractivity contribution in [3.8, 4) is 0 Å². The van der Waals surface area contributed by atoms with E-state index in [1.54, 1.807) is 0 Å². The predicted molar refractivity (Wildman–Crippen MR) is 41.3 cm³/mol. The molecule has 0 saturated heterocycles. The number of hydrogen-bond donors (Lipinski definition) is 0. The van der Waals surface area contributed by atoms with E-state index in [1.807, 2.05) is 0 Å². The smallest absolute Gasteiger partial charge is 0.0133 e. The van der Waals surface area contributed by atoms with Gasteiger partial charge in [-0.05, 0) is 20.3 Å². The van der Waals surface area contributed by atoms with E-state index in [-0.39, 0.29) is 0 Å². The van der Waals surface area contributed by atoms with Crippen LogP contribution < -0.4 is 0 Å². The Bertz CT molecular complexity index is 177. The van der Waals surface area contributed by atoms with Gasteiger partial charge in [-0.2, -0.15) is 0 Å². The standard InChI is InChI=1S/C9H12/c1-8-4-3-5-9(2)7-6-8/h3-6H,7H2,1-2H3. The summed E-state index contributed by atoms with van der Waals surface area (Å²) in [7, 11) is 0. The molecule has 0 fully saturated rings. The normalized spacial score (nSPS) is 18.4. The van der Waals surface area contributed by atoms with E-state index in [2.05, 4.69) is 38.2 Å². The van der Waals surface area contributed by atoms with E-state index in [0.717, 1.165) is 6.42 Å². The van der Waals surface area contributed by atoms with Gasteiger partial charge in [0.25, 0.3) is 0 Å². The molecule has 0 aromatic rings. The average Bonchev–Trinajstić information content (AvgIpc) is 1.97. The maximum atomic E-state index is 2.25. The lowest BCUT2D eigenvalue weighted by atomic mass is 10.2. The molecule has 1 aliphatic carbocycles. The fourth-order valence-electron chi connectivity index (χ4n) is 0.822. The highest BCUT2D eigenvalue weighted by Gasteiger charge is 1.88. The molecule has 0 heteroatoms. The lowest BCUT2D eigenvalue weighted by Gasteiger charge is -1.89. The highest BCUT2D eigenvalue weighted by Crippen LogP contribution is 2.09. The summed E-state index contributed by atoms with van der Waals surface area (Å²) in [6.45, 7) is 4.28. The van der Waals surface area contributed by atoms with E-state index in [0.29, 0.717) is 0 Å². The van der Waals surface area contributed by atoms with Gasteiger partial charge >= 0.3 is 0 Å². The van der Waals surface area contributed by atoms with E-state index < -0.39 is 0 Å². The van der Waals surface area contributed by atoms with Gasteiger partial charge in [-0.15, -0.1) is 0 Å². The molecule has 0 aliphatic heterocycles. The Morgan fingerprint density at radius 1 is 1.33 bits per heavy atom. The summed E-state index contributed by atoms with van der Waals surface area (Å²) < 4.78 is 0. The van der Waals surface area contributed by atoms with Crippen LogP contribution in [0.2, 0.25) is 0 Å². The first kappa shape index (κ1) is 6.34. The zero-order chi connectivity index (χ0) is 6.69. The van der Waals surface area contributed by atoms with Crippen molar-refractivity contribution in [2.45, 2.75) is 20.3 Å². The summed E-state index contributed by atoms with van der Waals surface area (Å²) in [5.41, 5.74) is 2.80. The van der Waals surface area contributed by atoms with Crippen LogP contribution in [0.5, 0.6) is 0 Å². The molecular weight excluding hydrogens is 108 g/mol. The van der Waals surface area contributed by atoms with Gasteiger partial charge in [-0.1, -0.05) is 35.5 Å². The van der Waals surface area contributed by atoms with E-state index in [9.17, 15) is 0 Å². The Hall–Kier alpha value is -0.780. The maximum absolute atomic E-state index is 2.25. The van der Waals surface area contributed by atoms with Crippen LogP contribution in [0.1, 0.15) is 20.3 Å². The molecule has 0 amide bonds. The van der Waals surface area contributed by atoms with Gasteiger partial charge in [0.15, 0.2) is 0 Å². The van der Waals surface area contributed by atoms with Gasteiger partial charge in [-0.3, -0.25) is 0 Å². The second-order valence-corrected chi connectivity index (χ2v) is 2.52. The monoisotopic (exact) mass is 120 g/mol. The summed E-state index contributed by atoms with van der Waals surface area (Å²) in [5, 5.41) is 0. The second kappa shape index (κ2) is 2.67. The molecule has 0 saturated carbocycles.